The van der Waals surface area contributed by atoms with Crippen molar-refractivity contribution in [2.24, 2.45) is 22.7 Å². The lowest BCUT2D eigenvalue weighted by Gasteiger charge is -2.53. The average Bonchev–Trinajstić information content (AvgIpc) is 3.45. The molecule has 4 nitrogen and oxygen atoms in total. The van der Waals surface area contributed by atoms with Crippen molar-refractivity contribution in [3.8, 4) is 0 Å². The summed E-state index contributed by atoms with van der Waals surface area (Å²) in [5.41, 5.74) is 3.67. The van der Waals surface area contributed by atoms with Crippen molar-refractivity contribution in [2.75, 3.05) is 6.61 Å². The van der Waals surface area contributed by atoms with Crippen molar-refractivity contribution in [1.82, 2.24) is 10.3 Å². The van der Waals surface area contributed by atoms with Crippen LogP contribution in [0.1, 0.15) is 50.3 Å². The molecular weight excluding hydrogens is 396 g/mol. The zero-order valence-corrected chi connectivity index (χ0v) is 18.9. The van der Waals surface area contributed by atoms with Crippen LogP contribution >= 0.6 is 0 Å². The molecule has 1 aromatic heterocycles. The summed E-state index contributed by atoms with van der Waals surface area (Å²) in [6, 6.07) is 19.1. The molecule has 3 fully saturated rings. The van der Waals surface area contributed by atoms with E-state index < -0.39 is 0 Å². The van der Waals surface area contributed by atoms with E-state index in [0.29, 0.717) is 18.3 Å². The molecule has 1 spiro atoms. The van der Waals surface area contributed by atoms with Crippen LogP contribution in [0.4, 0.5) is 0 Å². The van der Waals surface area contributed by atoms with Crippen LogP contribution in [-0.4, -0.2) is 23.5 Å². The number of hydrogen-bond donors (Lipinski definition) is 2. The maximum atomic E-state index is 13.3. The summed E-state index contributed by atoms with van der Waals surface area (Å²) in [7, 11) is 0. The van der Waals surface area contributed by atoms with Crippen molar-refractivity contribution in [1.29, 1.82) is 0 Å². The first-order chi connectivity index (χ1) is 15.5. The van der Waals surface area contributed by atoms with Gasteiger partial charge in [-0.3, -0.25) is 4.79 Å². The van der Waals surface area contributed by atoms with Gasteiger partial charge in [0.15, 0.2) is 0 Å². The number of rotatable bonds is 4. The third-order valence-corrected chi connectivity index (χ3v) is 8.96. The van der Waals surface area contributed by atoms with Gasteiger partial charge in [-0.25, -0.2) is 0 Å². The molecule has 4 heteroatoms. The summed E-state index contributed by atoms with van der Waals surface area (Å²) in [5.74, 6) is 1.23. The van der Waals surface area contributed by atoms with Crippen molar-refractivity contribution in [2.45, 2.75) is 51.7 Å². The second kappa shape index (κ2) is 7.21. The van der Waals surface area contributed by atoms with Gasteiger partial charge in [-0.1, -0.05) is 62.4 Å². The van der Waals surface area contributed by atoms with Crippen LogP contribution in [0, 0.1) is 22.7 Å². The molecular formula is C28H32N2O2. The highest BCUT2D eigenvalue weighted by Gasteiger charge is 2.68. The van der Waals surface area contributed by atoms with Crippen LogP contribution < -0.4 is 5.32 Å². The highest BCUT2D eigenvalue weighted by Crippen LogP contribution is 2.70. The van der Waals surface area contributed by atoms with Crippen LogP contribution in [-0.2, 0) is 16.0 Å². The molecule has 2 aromatic carbocycles. The number of carbonyl (C=O) groups excluding carboxylic acids is 1. The predicted octanol–water partition coefficient (Wildman–Crippen LogP) is 5.41. The lowest BCUT2D eigenvalue weighted by atomic mass is 9.59. The zero-order chi connectivity index (χ0) is 21.9. The van der Waals surface area contributed by atoms with E-state index in [2.05, 4.69) is 66.6 Å². The smallest absolute Gasteiger partial charge is 0.224 e. The number of aromatic amines is 1. The second-order valence-electron chi connectivity index (χ2n) is 10.8. The normalized spacial score (nSPS) is 32.7. The molecule has 1 aliphatic heterocycles. The lowest BCUT2D eigenvalue weighted by molar-refractivity contribution is -0.136. The summed E-state index contributed by atoms with van der Waals surface area (Å²) in [4.78, 5) is 16.6. The van der Waals surface area contributed by atoms with Crippen LogP contribution in [0.15, 0.2) is 60.8 Å². The van der Waals surface area contributed by atoms with E-state index in [1.165, 1.54) is 18.4 Å². The maximum Gasteiger partial charge on any atom is 0.224 e. The Morgan fingerprint density at radius 2 is 1.91 bits per heavy atom. The van der Waals surface area contributed by atoms with E-state index in [1.807, 2.05) is 18.3 Å². The Morgan fingerprint density at radius 3 is 2.75 bits per heavy atom. The third-order valence-electron chi connectivity index (χ3n) is 8.96. The van der Waals surface area contributed by atoms with Crippen LogP contribution in [0.3, 0.4) is 0 Å². The van der Waals surface area contributed by atoms with Gasteiger partial charge in [0.05, 0.1) is 12.5 Å². The molecule has 3 aliphatic rings. The van der Waals surface area contributed by atoms with Gasteiger partial charge in [-0.15, -0.1) is 0 Å². The minimum Gasteiger partial charge on any atom is -0.373 e. The molecule has 2 saturated carbocycles. The predicted molar refractivity (Wildman–Crippen MR) is 126 cm³/mol. The highest BCUT2D eigenvalue weighted by molar-refractivity contribution is 5.89. The molecule has 3 aromatic rings. The Hall–Kier alpha value is -2.59. The van der Waals surface area contributed by atoms with Gasteiger partial charge in [0.2, 0.25) is 5.91 Å². The summed E-state index contributed by atoms with van der Waals surface area (Å²) in [6.45, 7) is 5.51. The number of aromatic nitrogens is 1. The van der Waals surface area contributed by atoms with Gasteiger partial charge in [-0.05, 0) is 59.1 Å². The van der Waals surface area contributed by atoms with Crippen molar-refractivity contribution in [3.63, 3.8) is 0 Å². The number of para-hydroxylation sites is 1. The van der Waals surface area contributed by atoms with Crippen LogP contribution in [0.2, 0.25) is 0 Å². The Labute approximate surface area is 189 Å². The number of ether oxygens (including phenoxy) is 1. The standard InChI is InChI=1S/C28H32N2O2/c1-27(2)20-15-22-25(18-8-4-3-5-9-18)32-13-12-28(22,16-20)26(27)30-24(31)14-19-17-29-23-11-7-6-10-21(19)23/h3-11,17,20,22,25-26,29H,12-16H2,1-2H3,(H,30,31)/t20-,22-,25-,26+,28?/m1/s1. The topological polar surface area (TPSA) is 54.1 Å². The molecule has 2 N–H and O–H groups in total. The van der Waals surface area contributed by atoms with Gasteiger partial charge in [0.1, 0.15) is 0 Å². The Bertz CT molecular complexity index is 1150. The van der Waals surface area contributed by atoms with Crippen molar-refractivity contribution < 1.29 is 9.53 Å². The number of amides is 1. The first kappa shape index (κ1) is 20.0. The number of benzene rings is 2. The van der Waals surface area contributed by atoms with E-state index in [4.69, 9.17) is 4.74 Å². The highest BCUT2D eigenvalue weighted by atomic mass is 16.5. The lowest BCUT2D eigenvalue weighted by Crippen LogP contribution is -2.59. The molecule has 32 heavy (non-hydrogen) atoms. The number of nitrogens with one attached hydrogen (secondary N) is 2. The second-order valence-corrected chi connectivity index (χ2v) is 10.8. The molecule has 166 valence electrons. The van der Waals surface area contributed by atoms with Gasteiger partial charge < -0.3 is 15.0 Å². The van der Waals surface area contributed by atoms with Crippen molar-refractivity contribution >= 4 is 16.8 Å². The van der Waals surface area contributed by atoms with Crippen LogP contribution in [0.25, 0.3) is 10.9 Å². The summed E-state index contributed by atoms with van der Waals surface area (Å²) in [5, 5.41) is 4.70. The van der Waals surface area contributed by atoms with Crippen LogP contribution in [0.5, 0.6) is 0 Å². The molecule has 1 amide bonds. The fraction of sp³-hybridized carbons (Fsp3) is 0.464. The molecule has 2 bridgehead atoms. The SMILES string of the molecule is CC1(C)[C@@H]2C[C@@H]3[C@@H](c4ccccc4)OCCC3(C2)[C@H]1NC(=O)Cc1c[nH]c2ccccc12. The van der Waals surface area contributed by atoms with E-state index >= 15 is 0 Å². The number of carbonyl (C=O) groups is 1. The molecule has 1 unspecified atom stereocenters. The number of H-pyrrole nitrogens is 1. The largest absolute Gasteiger partial charge is 0.373 e. The molecule has 0 radical (unpaired) electrons. The number of hydrogen-bond acceptors (Lipinski definition) is 2. The Kier molecular flexibility index (Phi) is 4.52. The molecule has 6 rings (SSSR count). The average molecular weight is 429 g/mol. The minimum atomic E-state index is 0.102. The van der Waals surface area contributed by atoms with Gasteiger partial charge in [0, 0.05) is 29.7 Å². The Balaban J connectivity index is 1.28. The van der Waals surface area contributed by atoms with Gasteiger partial charge in [-0.2, -0.15) is 0 Å². The van der Waals surface area contributed by atoms with Crippen molar-refractivity contribution in [3.05, 3.63) is 71.9 Å². The Morgan fingerprint density at radius 1 is 1.12 bits per heavy atom. The summed E-state index contributed by atoms with van der Waals surface area (Å²) >= 11 is 0. The molecule has 2 aliphatic carbocycles. The van der Waals surface area contributed by atoms with E-state index in [9.17, 15) is 4.79 Å². The third kappa shape index (κ3) is 2.88. The van der Waals surface area contributed by atoms with E-state index in [1.54, 1.807) is 0 Å². The van der Waals surface area contributed by atoms with Gasteiger partial charge >= 0.3 is 0 Å². The first-order valence-corrected chi connectivity index (χ1v) is 12.0. The minimum absolute atomic E-state index is 0.102. The quantitative estimate of drug-likeness (QED) is 0.584. The van der Waals surface area contributed by atoms with E-state index in [0.717, 1.165) is 29.5 Å². The molecule has 2 heterocycles. The summed E-state index contributed by atoms with van der Waals surface area (Å²) < 4.78 is 6.36. The molecule has 5 atom stereocenters. The first-order valence-electron chi connectivity index (χ1n) is 12.0. The summed E-state index contributed by atoms with van der Waals surface area (Å²) in [6.07, 6.45) is 5.98. The fourth-order valence-corrected chi connectivity index (χ4v) is 7.42. The van der Waals surface area contributed by atoms with Gasteiger partial charge in [0.25, 0.3) is 0 Å². The maximum absolute atomic E-state index is 13.3. The monoisotopic (exact) mass is 428 g/mol. The number of fused-ring (bicyclic) bond motifs is 2. The zero-order valence-electron chi connectivity index (χ0n) is 18.9. The molecule has 1 saturated heterocycles. The van der Waals surface area contributed by atoms with E-state index in [-0.39, 0.29) is 28.9 Å². The fourth-order valence-electron chi connectivity index (χ4n) is 7.42.